The van der Waals surface area contributed by atoms with Gasteiger partial charge in [0, 0.05) is 12.6 Å². The van der Waals surface area contributed by atoms with E-state index >= 15 is 0 Å². The van der Waals surface area contributed by atoms with Crippen molar-refractivity contribution in [1.82, 2.24) is 10.0 Å². The van der Waals surface area contributed by atoms with Gasteiger partial charge in [0.1, 0.15) is 0 Å². The smallest absolute Gasteiger partial charge is 0.213 e. The lowest BCUT2D eigenvalue weighted by Crippen LogP contribution is -2.36. The molecule has 0 aromatic carbocycles. The molecule has 1 fully saturated rings. The Kier molecular flexibility index (Phi) is 5.28. The molecule has 2 N–H and O–H groups in total. The number of allylic oxidation sites excluding steroid dienone is 1. The molecule has 88 valence electrons. The van der Waals surface area contributed by atoms with Gasteiger partial charge in [0.05, 0.1) is 5.75 Å². The average molecular weight is 232 g/mol. The highest BCUT2D eigenvalue weighted by atomic mass is 32.2. The fraction of sp³-hybridized carbons (Fsp3) is 0.800. The average Bonchev–Trinajstić information content (AvgIpc) is 2.64. The second kappa shape index (κ2) is 6.25. The molecule has 5 heteroatoms. The minimum Gasteiger partial charge on any atom is -0.313 e. The zero-order chi connectivity index (χ0) is 11.1. The lowest BCUT2D eigenvalue weighted by Gasteiger charge is -2.11. The first-order valence-electron chi connectivity index (χ1n) is 5.46. The maximum absolute atomic E-state index is 11.6. The van der Waals surface area contributed by atoms with Crippen LogP contribution in [0.25, 0.3) is 0 Å². The monoisotopic (exact) mass is 232 g/mol. The summed E-state index contributed by atoms with van der Waals surface area (Å²) >= 11 is 0. The molecule has 1 unspecified atom stereocenters. The van der Waals surface area contributed by atoms with E-state index in [1.165, 1.54) is 0 Å². The van der Waals surface area contributed by atoms with Crippen LogP contribution in [0.5, 0.6) is 0 Å². The predicted molar refractivity (Wildman–Crippen MR) is 62.2 cm³/mol. The predicted octanol–water partition coefficient (Wildman–Crippen LogP) is 0.624. The van der Waals surface area contributed by atoms with Gasteiger partial charge in [-0.1, -0.05) is 12.2 Å². The minimum absolute atomic E-state index is 0.143. The van der Waals surface area contributed by atoms with E-state index in [1.54, 1.807) is 0 Å². The van der Waals surface area contributed by atoms with Crippen LogP contribution < -0.4 is 10.0 Å². The quantitative estimate of drug-likeness (QED) is 0.521. The Morgan fingerprint density at radius 3 is 2.93 bits per heavy atom. The van der Waals surface area contributed by atoms with Crippen molar-refractivity contribution >= 4 is 10.0 Å². The Bertz CT molecular complexity index is 293. The Morgan fingerprint density at radius 2 is 2.33 bits per heavy atom. The summed E-state index contributed by atoms with van der Waals surface area (Å²) in [6.07, 6.45) is 6.69. The van der Waals surface area contributed by atoms with E-state index < -0.39 is 10.0 Å². The van der Waals surface area contributed by atoms with E-state index in [4.69, 9.17) is 0 Å². The molecule has 1 atom stereocenters. The molecule has 4 nitrogen and oxygen atoms in total. The van der Waals surface area contributed by atoms with Crippen LogP contribution in [0.15, 0.2) is 12.2 Å². The van der Waals surface area contributed by atoms with Gasteiger partial charge >= 0.3 is 0 Å². The molecule has 1 heterocycles. The third kappa shape index (κ3) is 5.30. The molecule has 0 aromatic rings. The second-order valence-corrected chi connectivity index (χ2v) is 5.68. The molecule has 1 rings (SSSR count). The maximum Gasteiger partial charge on any atom is 0.213 e. The van der Waals surface area contributed by atoms with Crippen molar-refractivity contribution in [2.45, 2.75) is 32.2 Å². The van der Waals surface area contributed by atoms with Gasteiger partial charge in [-0.15, -0.1) is 0 Å². The summed E-state index contributed by atoms with van der Waals surface area (Å²) in [5.74, 6) is 0.211. The first-order valence-corrected chi connectivity index (χ1v) is 7.11. The zero-order valence-corrected chi connectivity index (χ0v) is 10.0. The summed E-state index contributed by atoms with van der Waals surface area (Å²) in [6, 6.07) is 0.143. The van der Waals surface area contributed by atoms with Gasteiger partial charge in [0.2, 0.25) is 10.0 Å². The van der Waals surface area contributed by atoms with Gasteiger partial charge in [-0.3, -0.25) is 0 Å². The van der Waals surface area contributed by atoms with Crippen LogP contribution >= 0.6 is 0 Å². The van der Waals surface area contributed by atoms with E-state index in [-0.39, 0.29) is 11.8 Å². The lowest BCUT2D eigenvalue weighted by atomic mass is 10.3. The van der Waals surface area contributed by atoms with Crippen molar-refractivity contribution in [1.29, 1.82) is 0 Å². The van der Waals surface area contributed by atoms with E-state index in [0.29, 0.717) is 6.54 Å². The van der Waals surface area contributed by atoms with Crippen molar-refractivity contribution in [2.75, 3.05) is 18.8 Å². The van der Waals surface area contributed by atoms with Gasteiger partial charge in [-0.2, -0.15) is 0 Å². The Labute approximate surface area is 92.2 Å². The van der Waals surface area contributed by atoms with Gasteiger partial charge in [-0.25, -0.2) is 13.1 Å². The number of hydrogen-bond donors (Lipinski definition) is 2. The standard InChI is InChI=1S/C10H20N2O2S/c1-2-3-4-8-12-15(13,14)9-10-6-5-7-11-10/h2-3,10-12H,4-9H2,1H3/b3-2+. The van der Waals surface area contributed by atoms with Crippen LogP contribution in [0.1, 0.15) is 26.2 Å². The summed E-state index contributed by atoms with van der Waals surface area (Å²) in [4.78, 5) is 0. The first kappa shape index (κ1) is 12.7. The Hall–Kier alpha value is -0.390. The fourth-order valence-electron chi connectivity index (χ4n) is 1.69. The summed E-state index contributed by atoms with van der Waals surface area (Å²) in [5, 5.41) is 3.18. The Balaban J connectivity index is 2.25. The minimum atomic E-state index is -3.09. The molecule has 0 aliphatic carbocycles. The third-order valence-electron chi connectivity index (χ3n) is 2.45. The molecular weight excluding hydrogens is 212 g/mol. The summed E-state index contributed by atoms with van der Waals surface area (Å²) < 4.78 is 25.8. The summed E-state index contributed by atoms with van der Waals surface area (Å²) in [7, 11) is -3.09. The van der Waals surface area contributed by atoms with Crippen molar-refractivity contribution < 1.29 is 8.42 Å². The number of nitrogens with one attached hydrogen (secondary N) is 2. The molecule has 15 heavy (non-hydrogen) atoms. The molecule has 0 spiro atoms. The topological polar surface area (TPSA) is 58.2 Å². The van der Waals surface area contributed by atoms with Crippen LogP contribution in [-0.2, 0) is 10.0 Å². The van der Waals surface area contributed by atoms with Crippen molar-refractivity contribution in [3.05, 3.63) is 12.2 Å². The van der Waals surface area contributed by atoms with Crippen molar-refractivity contribution in [2.24, 2.45) is 0 Å². The maximum atomic E-state index is 11.6. The van der Waals surface area contributed by atoms with Gasteiger partial charge in [-0.05, 0) is 32.7 Å². The van der Waals surface area contributed by atoms with Crippen LogP contribution in [0.2, 0.25) is 0 Å². The molecular formula is C10H20N2O2S. The van der Waals surface area contributed by atoms with Crippen LogP contribution in [0.3, 0.4) is 0 Å². The molecule has 0 saturated carbocycles. The first-order chi connectivity index (χ1) is 7.14. The highest BCUT2D eigenvalue weighted by Crippen LogP contribution is 2.06. The highest BCUT2D eigenvalue weighted by Gasteiger charge is 2.21. The van der Waals surface area contributed by atoms with Gasteiger partial charge in [0.15, 0.2) is 0 Å². The highest BCUT2D eigenvalue weighted by molar-refractivity contribution is 7.89. The Morgan fingerprint density at radius 1 is 1.53 bits per heavy atom. The lowest BCUT2D eigenvalue weighted by molar-refractivity contribution is 0.564. The van der Waals surface area contributed by atoms with Gasteiger partial charge in [0.25, 0.3) is 0 Å². The normalized spacial score (nSPS) is 22.6. The van der Waals surface area contributed by atoms with Crippen molar-refractivity contribution in [3.8, 4) is 0 Å². The van der Waals surface area contributed by atoms with Crippen molar-refractivity contribution in [3.63, 3.8) is 0 Å². The summed E-state index contributed by atoms with van der Waals surface area (Å²) in [6.45, 7) is 3.37. The molecule has 1 saturated heterocycles. The van der Waals surface area contributed by atoms with Gasteiger partial charge < -0.3 is 5.32 Å². The van der Waals surface area contributed by atoms with E-state index in [2.05, 4.69) is 10.0 Å². The molecule has 0 amide bonds. The SMILES string of the molecule is C/C=C/CCNS(=O)(=O)CC1CCCN1. The second-order valence-electron chi connectivity index (χ2n) is 3.83. The largest absolute Gasteiger partial charge is 0.313 e. The van der Waals surface area contributed by atoms with Crippen LogP contribution in [0.4, 0.5) is 0 Å². The fourth-order valence-corrected chi connectivity index (χ4v) is 3.05. The van der Waals surface area contributed by atoms with E-state index in [9.17, 15) is 8.42 Å². The third-order valence-corrected chi connectivity index (χ3v) is 3.94. The summed E-state index contributed by atoms with van der Waals surface area (Å²) in [5.41, 5.74) is 0. The molecule has 0 aromatic heterocycles. The van der Waals surface area contributed by atoms with Crippen LogP contribution in [-0.4, -0.2) is 33.3 Å². The number of hydrogen-bond acceptors (Lipinski definition) is 3. The zero-order valence-electron chi connectivity index (χ0n) is 9.20. The van der Waals surface area contributed by atoms with Crippen LogP contribution in [0, 0.1) is 0 Å². The molecule has 1 aliphatic rings. The van der Waals surface area contributed by atoms with E-state index in [0.717, 1.165) is 25.8 Å². The number of sulfonamides is 1. The molecule has 0 bridgehead atoms. The molecule has 1 aliphatic heterocycles. The molecule has 0 radical (unpaired) electrons. The number of rotatable bonds is 6. The van der Waals surface area contributed by atoms with E-state index in [1.807, 2.05) is 19.1 Å².